The topological polar surface area (TPSA) is 94.5 Å². The summed E-state index contributed by atoms with van der Waals surface area (Å²) in [4.78, 5) is 25.4. The maximum Gasteiger partial charge on any atom is 0.290 e. The summed E-state index contributed by atoms with van der Waals surface area (Å²) in [5.74, 6) is -0.548. The number of hydrogen-bond acceptors (Lipinski definition) is 5. The van der Waals surface area contributed by atoms with E-state index in [-0.39, 0.29) is 16.9 Å². The Balaban J connectivity index is 1.49. The molecule has 1 aliphatic carbocycles. The van der Waals surface area contributed by atoms with Gasteiger partial charge in [-0.15, -0.1) is 0 Å². The monoisotopic (exact) mass is 452 g/mol. The fourth-order valence-corrected chi connectivity index (χ4v) is 3.83. The van der Waals surface area contributed by atoms with E-state index in [0.29, 0.717) is 30.9 Å². The van der Waals surface area contributed by atoms with E-state index >= 15 is 0 Å². The fraction of sp³-hybridized carbons (Fsp3) is 0.292. The number of nitrogens with one attached hydrogen (secondary N) is 2. The lowest BCUT2D eigenvalue weighted by Crippen LogP contribution is -2.42. The quantitative estimate of drug-likeness (QED) is 0.536. The van der Waals surface area contributed by atoms with Crippen molar-refractivity contribution in [1.82, 2.24) is 20.6 Å². The van der Waals surface area contributed by atoms with Gasteiger partial charge in [0.15, 0.2) is 17.2 Å². The highest BCUT2D eigenvalue weighted by atomic mass is 19.1. The molecular weight excluding hydrogens is 427 g/mol. The summed E-state index contributed by atoms with van der Waals surface area (Å²) in [6.45, 7) is 2.52. The van der Waals surface area contributed by atoms with Crippen molar-refractivity contribution in [3.8, 4) is 17.2 Å². The van der Waals surface area contributed by atoms with Gasteiger partial charge in [0.2, 0.25) is 0 Å². The van der Waals surface area contributed by atoms with E-state index < -0.39 is 17.6 Å². The number of carbonyl (C=O) groups is 2. The molecule has 8 nitrogen and oxygen atoms in total. The zero-order chi connectivity index (χ0) is 23.4. The third-order valence-electron chi connectivity index (χ3n) is 5.40. The van der Waals surface area contributed by atoms with Crippen LogP contribution in [0.4, 0.5) is 4.39 Å². The van der Waals surface area contributed by atoms with Crippen LogP contribution in [0.15, 0.2) is 42.5 Å². The van der Waals surface area contributed by atoms with Gasteiger partial charge in [0.05, 0.1) is 13.7 Å². The Kier molecular flexibility index (Phi) is 6.58. The minimum absolute atomic E-state index is 0.173. The second-order valence-electron chi connectivity index (χ2n) is 7.61. The lowest BCUT2D eigenvalue weighted by molar-refractivity contribution is 0.0843. The molecule has 172 valence electrons. The van der Waals surface area contributed by atoms with Crippen LogP contribution < -0.4 is 20.3 Å². The first-order valence-corrected chi connectivity index (χ1v) is 10.8. The molecule has 2 aromatic carbocycles. The number of hydrazine groups is 1. The number of para-hydroxylation sites is 1. The lowest BCUT2D eigenvalue weighted by atomic mass is 10.2. The van der Waals surface area contributed by atoms with Gasteiger partial charge in [0, 0.05) is 16.8 Å². The van der Waals surface area contributed by atoms with Crippen LogP contribution in [0.3, 0.4) is 0 Å². The highest BCUT2D eigenvalue weighted by Gasteiger charge is 2.28. The first-order chi connectivity index (χ1) is 16.0. The maximum atomic E-state index is 14.3. The van der Waals surface area contributed by atoms with E-state index in [9.17, 15) is 14.0 Å². The highest BCUT2D eigenvalue weighted by Crippen LogP contribution is 2.29. The van der Waals surface area contributed by atoms with E-state index in [1.165, 1.54) is 23.9 Å². The summed E-state index contributed by atoms with van der Waals surface area (Å²) < 4.78 is 26.7. The van der Waals surface area contributed by atoms with Gasteiger partial charge in [0.25, 0.3) is 11.8 Å². The minimum atomic E-state index is -0.563. The molecule has 0 radical (unpaired) electrons. The van der Waals surface area contributed by atoms with E-state index in [4.69, 9.17) is 9.47 Å². The zero-order valence-corrected chi connectivity index (χ0v) is 18.5. The predicted octanol–water partition coefficient (Wildman–Crippen LogP) is 3.37. The first kappa shape index (κ1) is 22.3. The molecule has 0 unspecified atom stereocenters. The van der Waals surface area contributed by atoms with Crippen LogP contribution >= 0.6 is 0 Å². The molecule has 0 spiro atoms. The van der Waals surface area contributed by atoms with Crippen LogP contribution in [-0.2, 0) is 12.8 Å². The number of fused-ring (bicyclic) bond motifs is 1. The summed E-state index contributed by atoms with van der Waals surface area (Å²) in [5, 5.41) is 4.36. The average Bonchev–Trinajstić information content (AvgIpc) is 3.44. The van der Waals surface area contributed by atoms with Crippen molar-refractivity contribution < 1.29 is 23.5 Å². The number of hydrogen-bond donors (Lipinski definition) is 2. The predicted molar refractivity (Wildman–Crippen MR) is 119 cm³/mol. The van der Waals surface area contributed by atoms with Gasteiger partial charge < -0.3 is 9.47 Å². The molecule has 0 aliphatic heterocycles. The molecule has 0 saturated carbocycles. The van der Waals surface area contributed by atoms with Gasteiger partial charge >= 0.3 is 0 Å². The van der Waals surface area contributed by atoms with Gasteiger partial charge in [-0.1, -0.05) is 19.1 Å². The molecule has 9 heteroatoms. The SMILES string of the molecule is CCCOc1ccc(C(=O)NNC(=O)c2nn(-c3ccccc3F)c3c2CCC3)cc1OC. The Labute approximate surface area is 190 Å². The molecule has 0 saturated heterocycles. The van der Waals surface area contributed by atoms with Crippen LogP contribution in [0.2, 0.25) is 0 Å². The number of carbonyl (C=O) groups excluding carboxylic acids is 2. The third-order valence-corrected chi connectivity index (χ3v) is 5.40. The van der Waals surface area contributed by atoms with Crippen molar-refractivity contribution in [2.24, 2.45) is 0 Å². The number of methoxy groups -OCH3 is 1. The summed E-state index contributed by atoms with van der Waals surface area (Å²) in [6.07, 6.45) is 3.05. The molecule has 2 N–H and O–H groups in total. The largest absolute Gasteiger partial charge is 0.493 e. The molecule has 1 aromatic heterocycles. The van der Waals surface area contributed by atoms with E-state index in [1.54, 1.807) is 30.3 Å². The Bertz CT molecular complexity index is 1190. The van der Waals surface area contributed by atoms with Gasteiger partial charge in [-0.25, -0.2) is 9.07 Å². The molecule has 3 aromatic rings. The molecule has 1 aliphatic rings. The average molecular weight is 452 g/mol. The maximum absolute atomic E-state index is 14.3. The molecule has 33 heavy (non-hydrogen) atoms. The van der Waals surface area contributed by atoms with Crippen LogP contribution in [0.25, 0.3) is 5.69 Å². The van der Waals surface area contributed by atoms with E-state index in [1.807, 2.05) is 6.92 Å². The normalized spacial score (nSPS) is 12.2. The third kappa shape index (κ3) is 4.52. The second-order valence-corrected chi connectivity index (χ2v) is 7.61. The number of halogens is 1. The van der Waals surface area contributed by atoms with Crippen molar-refractivity contribution in [1.29, 1.82) is 0 Å². The van der Waals surface area contributed by atoms with E-state index in [2.05, 4.69) is 16.0 Å². The number of aromatic nitrogens is 2. The molecule has 0 bridgehead atoms. The number of amides is 2. The summed E-state index contributed by atoms with van der Waals surface area (Å²) in [7, 11) is 1.49. The van der Waals surface area contributed by atoms with Gasteiger partial charge in [-0.2, -0.15) is 5.10 Å². The van der Waals surface area contributed by atoms with Crippen LogP contribution in [0.1, 0.15) is 51.9 Å². The van der Waals surface area contributed by atoms with Crippen molar-refractivity contribution in [3.05, 3.63) is 70.8 Å². The minimum Gasteiger partial charge on any atom is -0.493 e. The second kappa shape index (κ2) is 9.72. The zero-order valence-electron chi connectivity index (χ0n) is 18.5. The Morgan fingerprint density at radius 1 is 1.09 bits per heavy atom. The lowest BCUT2D eigenvalue weighted by Gasteiger charge is -2.12. The number of rotatable bonds is 7. The Hall–Kier alpha value is -3.88. The van der Waals surface area contributed by atoms with Crippen molar-refractivity contribution >= 4 is 11.8 Å². The van der Waals surface area contributed by atoms with Gasteiger partial charge in [-0.3, -0.25) is 20.4 Å². The number of nitrogens with zero attached hydrogens (tertiary/aromatic N) is 2. The number of benzene rings is 2. The van der Waals surface area contributed by atoms with Crippen LogP contribution in [-0.4, -0.2) is 35.3 Å². The van der Waals surface area contributed by atoms with Crippen molar-refractivity contribution in [2.75, 3.05) is 13.7 Å². The Morgan fingerprint density at radius 3 is 2.64 bits per heavy atom. The van der Waals surface area contributed by atoms with E-state index in [0.717, 1.165) is 24.1 Å². The Morgan fingerprint density at radius 2 is 1.88 bits per heavy atom. The molecule has 4 rings (SSSR count). The molecule has 0 atom stereocenters. The molecular formula is C24H25FN4O4. The summed E-state index contributed by atoms with van der Waals surface area (Å²) in [6, 6.07) is 11.1. The molecule has 2 amide bonds. The summed E-state index contributed by atoms with van der Waals surface area (Å²) >= 11 is 0. The number of ether oxygens (including phenoxy) is 2. The van der Waals surface area contributed by atoms with Crippen molar-refractivity contribution in [2.45, 2.75) is 32.6 Å². The fourth-order valence-electron chi connectivity index (χ4n) is 3.83. The molecule has 1 heterocycles. The van der Waals surface area contributed by atoms with Crippen molar-refractivity contribution in [3.63, 3.8) is 0 Å². The van der Waals surface area contributed by atoms with Gasteiger partial charge in [-0.05, 0) is 56.0 Å². The summed E-state index contributed by atoms with van der Waals surface area (Å²) in [5.41, 5.74) is 7.15. The first-order valence-electron chi connectivity index (χ1n) is 10.8. The smallest absolute Gasteiger partial charge is 0.290 e. The highest BCUT2D eigenvalue weighted by molar-refractivity contribution is 5.99. The van der Waals surface area contributed by atoms with Crippen LogP contribution in [0.5, 0.6) is 11.5 Å². The molecule has 0 fully saturated rings. The van der Waals surface area contributed by atoms with Crippen LogP contribution in [0, 0.1) is 5.82 Å². The standard InChI is InChI=1S/C24H25FN4O4/c1-3-13-33-20-12-11-15(14-21(20)32-2)23(30)26-27-24(31)22-16-7-6-10-18(16)29(28-22)19-9-5-4-8-17(19)25/h4-5,8-9,11-12,14H,3,6-7,10,13H2,1-2H3,(H,26,30)(H,27,31). The van der Waals surface area contributed by atoms with Gasteiger partial charge in [0.1, 0.15) is 11.5 Å².